The molecule has 0 aliphatic heterocycles. The van der Waals surface area contributed by atoms with Crippen molar-refractivity contribution >= 4 is 29.2 Å². The van der Waals surface area contributed by atoms with Gasteiger partial charge in [-0.2, -0.15) is 0 Å². The first-order chi connectivity index (χ1) is 6.52. The van der Waals surface area contributed by atoms with E-state index in [0.717, 1.165) is 5.56 Å². The molecule has 0 bridgehead atoms. The summed E-state index contributed by atoms with van der Waals surface area (Å²) in [6.07, 6.45) is 0. The molecule has 14 heavy (non-hydrogen) atoms. The highest BCUT2D eigenvalue weighted by atomic mass is 35.5. The fourth-order valence-corrected chi connectivity index (χ4v) is 1.36. The van der Waals surface area contributed by atoms with Crippen molar-refractivity contribution in [2.24, 2.45) is 0 Å². The molecule has 76 valence electrons. The van der Waals surface area contributed by atoms with Crippen LogP contribution >= 0.6 is 23.2 Å². The van der Waals surface area contributed by atoms with Crippen molar-refractivity contribution in [3.8, 4) is 5.75 Å². The number of ether oxygens (including phenoxy) is 1. The SMILES string of the molecule is Cc1ccc(Cl)c(Cl)c1OCC(=O)O. The van der Waals surface area contributed by atoms with Crippen molar-refractivity contribution in [2.45, 2.75) is 6.92 Å². The fourth-order valence-electron chi connectivity index (χ4n) is 0.940. The molecule has 3 nitrogen and oxygen atoms in total. The first kappa shape index (κ1) is 11.1. The maximum absolute atomic E-state index is 10.3. The van der Waals surface area contributed by atoms with Gasteiger partial charge in [0, 0.05) is 0 Å². The van der Waals surface area contributed by atoms with Crippen LogP contribution in [0.3, 0.4) is 0 Å². The molecule has 0 aliphatic carbocycles. The Labute approximate surface area is 91.2 Å². The summed E-state index contributed by atoms with van der Waals surface area (Å²) < 4.78 is 4.99. The number of carboxylic acid groups (broad SMARTS) is 1. The summed E-state index contributed by atoms with van der Waals surface area (Å²) in [5.41, 5.74) is 0.751. The fraction of sp³-hybridized carbons (Fsp3) is 0.222. The van der Waals surface area contributed by atoms with Gasteiger partial charge >= 0.3 is 5.97 Å². The van der Waals surface area contributed by atoms with E-state index in [1.165, 1.54) is 0 Å². The van der Waals surface area contributed by atoms with Crippen molar-refractivity contribution < 1.29 is 14.6 Å². The summed E-state index contributed by atoms with van der Waals surface area (Å²) in [7, 11) is 0. The lowest BCUT2D eigenvalue weighted by Crippen LogP contribution is -2.10. The first-order valence-electron chi connectivity index (χ1n) is 3.81. The van der Waals surface area contributed by atoms with Gasteiger partial charge in [-0.3, -0.25) is 0 Å². The molecule has 0 fully saturated rings. The molecule has 0 amide bonds. The Bertz CT molecular complexity index is 363. The van der Waals surface area contributed by atoms with Crippen molar-refractivity contribution in [3.05, 3.63) is 27.7 Å². The second-order valence-electron chi connectivity index (χ2n) is 2.69. The third-order valence-electron chi connectivity index (χ3n) is 1.59. The number of carbonyl (C=O) groups is 1. The van der Waals surface area contributed by atoms with E-state index >= 15 is 0 Å². The van der Waals surface area contributed by atoms with Crippen LogP contribution < -0.4 is 4.74 Å². The molecule has 0 heterocycles. The topological polar surface area (TPSA) is 46.5 Å². The molecule has 1 rings (SSSR count). The van der Waals surface area contributed by atoms with E-state index in [0.29, 0.717) is 10.8 Å². The summed E-state index contributed by atoms with van der Waals surface area (Å²) in [4.78, 5) is 10.3. The normalized spacial score (nSPS) is 9.93. The number of aryl methyl sites for hydroxylation is 1. The van der Waals surface area contributed by atoms with Crippen LogP contribution in [0.1, 0.15) is 5.56 Å². The van der Waals surface area contributed by atoms with Gasteiger partial charge in [0.05, 0.1) is 5.02 Å². The minimum Gasteiger partial charge on any atom is -0.480 e. The summed E-state index contributed by atoms with van der Waals surface area (Å²) in [5.74, 6) is -0.734. The highest BCUT2D eigenvalue weighted by molar-refractivity contribution is 6.43. The van der Waals surface area contributed by atoms with E-state index < -0.39 is 12.6 Å². The lowest BCUT2D eigenvalue weighted by atomic mass is 10.2. The third kappa shape index (κ3) is 2.53. The first-order valence-corrected chi connectivity index (χ1v) is 4.57. The number of halogens is 2. The molecule has 0 saturated heterocycles. The maximum atomic E-state index is 10.3. The van der Waals surface area contributed by atoms with Crippen LogP contribution in [0.15, 0.2) is 12.1 Å². The van der Waals surface area contributed by atoms with Gasteiger partial charge in [0.25, 0.3) is 0 Å². The van der Waals surface area contributed by atoms with Gasteiger partial charge in [0.2, 0.25) is 0 Å². The summed E-state index contributed by atoms with van der Waals surface area (Å²) >= 11 is 11.6. The highest BCUT2D eigenvalue weighted by Gasteiger charge is 2.10. The Morgan fingerprint density at radius 3 is 2.71 bits per heavy atom. The van der Waals surface area contributed by atoms with Crippen molar-refractivity contribution in [1.29, 1.82) is 0 Å². The minimum atomic E-state index is -1.06. The van der Waals surface area contributed by atoms with E-state index in [1.807, 2.05) is 0 Å². The zero-order valence-electron chi connectivity index (χ0n) is 7.38. The van der Waals surface area contributed by atoms with Gasteiger partial charge in [-0.05, 0) is 18.6 Å². The molecule has 1 aromatic carbocycles. The second-order valence-corrected chi connectivity index (χ2v) is 3.47. The standard InChI is InChI=1S/C9H8Cl2O3/c1-5-2-3-6(10)8(11)9(5)14-4-7(12)13/h2-3H,4H2,1H3,(H,12,13). The van der Waals surface area contributed by atoms with Crippen LogP contribution in [0.2, 0.25) is 10.0 Å². The van der Waals surface area contributed by atoms with Crippen molar-refractivity contribution in [3.63, 3.8) is 0 Å². The quantitative estimate of drug-likeness (QED) is 0.876. The van der Waals surface area contributed by atoms with Crippen molar-refractivity contribution in [1.82, 2.24) is 0 Å². The number of hydrogen-bond acceptors (Lipinski definition) is 2. The van der Waals surface area contributed by atoms with E-state index in [1.54, 1.807) is 19.1 Å². The zero-order chi connectivity index (χ0) is 10.7. The molecule has 0 radical (unpaired) electrons. The van der Waals surface area contributed by atoms with Gasteiger partial charge in [-0.15, -0.1) is 0 Å². The average Bonchev–Trinajstić information content (AvgIpc) is 2.11. The lowest BCUT2D eigenvalue weighted by molar-refractivity contribution is -0.139. The Morgan fingerprint density at radius 2 is 2.14 bits per heavy atom. The molecular formula is C9H8Cl2O3. The van der Waals surface area contributed by atoms with Gasteiger partial charge in [0.15, 0.2) is 6.61 Å². The maximum Gasteiger partial charge on any atom is 0.341 e. The molecule has 1 N–H and O–H groups in total. The van der Waals surface area contributed by atoms with E-state index in [9.17, 15) is 4.79 Å². The average molecular weight is 235 g/mol. The third-order valence-corrected chi connectivity index (χ3v) is 2.37. The second kappa shape index (κ2) is 4.53. The largest absolute Gasteiger partial charge is 0.480 e. The predicted octanol–water partition coefficient (Wildman–Crippen LogP) is 2.77. The van der Waals surface area contributed by atoms with Crippen LogP contribution in [-0.2, 0) is 4.79 Å². The van der Waals surface area contributed by atoms with Crippen LogP contribution in [0.4, 0.5) is 0 Å². The van der Waals surface area contributed by atoms with Crippen LogP contribution in [0, 0.1) is 6.92 Å². The Kier molecular flexibility index (Phi) is 3.61. The summed E-state index contributed by atoms with van der Waals surface area (Å²) in [6.45, 7) is 1.33. The van der Waals surface area contributed by atoms with Gasteiger partial charge in [-0.25, -0.2) is 4.79 Å². The predicted molar refractivity (Wildman–Crippen MR) is 54.3 cm³/mol. The molecule has 0 unspecified atom stereocenters. The van der Waals surface area contributed by atoms with E-state index in [2.05, 4.69) is 0 Å². The number of hydrogen-bond donors (Lipinski definition) is 1. The number of aliphatic carboxylic acids is 1. The van der Waals surface area contributed by atoms with Crippen molar-refractivity contribution in [2.75, 3.05) is 6.61 Å². The lowest BCUT2D eigenvalue weighted by Gasteiger charge is -2.09. The van der Waals surface area contributed by atoms with Crippen LogP contribution in [0.5, 0.6) is 5.75 Å². The monoisotopic (exact) mass is 234 g/mol. The molecule has 5 heteroatoms. The molecule has 0 spiro atoms. The molecule has 1 aromatic rings. The van der Waals surface area contributed by atoms with Gasteiger partial charge in [0.1, 0.15) is 10.8 Å². The summed E-state index contributed by atoms with van der Waals surface area (Å²) in [6, 6.07) is 3.35. The zero-order valence-corrected chi connectivity index (χ0v) is 8.89. The minimum absolute atomic E-state index is 0.243. The van der Waals surface area contributed by atoms with E-state index in [4.69, 9.17) is 33.0 Å². The summed E-state index contributed by atoms with van der Waals surface area (Å²) in [5, 5.41) is 9.01. The van der Waals surface area contributed by atoms with E-state index in [-0.39, 0.29) is 5.02 Å². The Balaban J connectivity index is 2.95. The number of rotatable bonds is 3. The molecule has 0 atom stereocenters. The molecule has 0 aromatic heterocycles. The van der Waals surface area contributed by atoms with Gasteiger partial charge in [-0.1, -0.05) is 29.3 Å². The number of benzene rings is 1. The molecular weight excluding hydrogens is 227 g/mol. The van der Waals surface area contributed by atoms with Crippen LogP contribution in [0.25, 0.3) is 0 Å². The highest BCUT2D eigenvalue weighted by Crippen LogP contribution is 2.34. The molecule has 0 saturated carbocycles. The smallest absolute Gasteiger partial charge is 0.341 e. The Hall–Kier alpha value is -0.930. The number of carboxylic acids is 1. The Morgan fingerprint density at radius 1 is 1.50 bits per heavy atom. The van der Waals surface area contributed by atoms with Gasteiger partial charge < -0.3 is 9.84 Å². The van der Waals surface area contributed by atoms with Crippen LogP contribution in [-0.4, -0.2) is 17.7 Å². The molecule has 0 aliphatic rings.